The zero-order valence-corrected chi connectivity index (χ0v) is 10.9. The van der Waals surface area contributed by atoms with E-state index in [4.69, 9.17) is 12.2 Å². The Morgan fingerprint density at radius 2 is 2.41 bits per heavy atom. The third kappa shape index (κ3) is 1.92. The van der Waals surface area contributed by atoms with Crippen molar-refractivity contribution in [3.8, 4) is 0 Å². The Morgan fingerprint density at radius 3 is 3.18 bits per heavy atom. The second-order valence-corrected chi connectivity index (χ2v) is 5.40. The molecule has 3 aromatic rings. The number of pyridine rings is 1. The molecule has 0 amide bonds. The van der Waals surface area contributed by atoms with Crippen molar-refractivity contribution in [2.24, 2.45) is 0 Å². The molecule has 0 saturated carbocycles. The van der Waals surface area contributed by atoms with E-state index in [0.29, 0.717) is 0 Å². The number of fused-ring (bicyclic) bond motifs is 1. The van der Waals surface area contributed by atoms with Gasteiger partial charge in [0.2, 0.25) is 0 Å². The van der Waals surface area contributed by atoms with Crippen LogP contribution in [0.4, 0.5) is 0 Å². The fourth-order valence-corrected chi connectivity index (χ4v) is 2.81. The van der Waals surface area contributed by atoms with Crippen LogP contribution in [-0.4, -0.2) is 14.5 Å². The van der Waals surface area contributed by atoms with Gasteiger partial charge in [-0.25, -0.2) is 4.98 Å². The topological polar surface area (TPSA) is 33.6 Å². The highest BCUT2D eigenvalue weighted by Crippen LogP contribution is 2.17. The molecule has 86 valence electrons. The highest BCUT2D eigenvalue weighted by molar-refractivity contribution is 7.71. The molecule has 0 aliphatic rings. The fraction of sp³-hybridized carbons (Fsp3) is 0.167. The van der Waals surface area contributed by atoms with Gasteiger partial charge in [0.05, 0.1) is 12.1 Å². The summed E-state index contributed by atoms with van der Waals surface area (Å²) in [5.41, 5.74) is 3.07. The standard InChI is InChI=1S/C12H11N3S2/c1-8-5-10-11(13-6-8)15(12(16)14-10)7-9-3-2-4-17-9/h2-6H,7H2,1H3,(H,14,16). The van der Waals surface area contributed by atoms with E-state index in [2.05, 4.69) is 33.5 Å². The molecular formula is C12H11N3S2. The Bertz CT molecular complexity index is 707. The van der Waals surface area contributed by atoms with Crippen LogP contribution < -0.4 is 0 Å². The van der Waals surface area contributed by atoms with E-state index in [-0.39, 0.29) is 0 Å². The summed E-state index contributed by atoms with van der Waals surface area (Å²) in [5.74, 6) is 0. The molecule has 0 fully saturated rings. The molecular weight excluding hydrogens is 250 g/mol. The van der Waals surface area contributed by atoms with Gasteiger partial charge in [-0.3, -0.25) is 4.57 Å². The molecule has 0 saturated heterocycles. The molecule has 3 heterocycles. The number of nitrogens with zero attached hydrogens (tertiary/aromatic N) is 2. The molecule has 0 unspecified atom stereocenters. The lowest BCUT2D eigenvalue weighted by Crippen LogP contribution is -1.98. The molecule has 0 atom stereocenters. The zero-order chi connectivity index (χ0) is 11.8. The van der Waals surface area contributed by atoms with Gasteiger partial charge in [-0.15, -0.1) is 11.3 Å². The summed E-state index contributed by atoms with van der Waals surface area (Å²) < 4.78 is 2.77. The smallest absolute Gasteiger partial charge is 0.179 e. The van der Waals surface area contributed by atoms with E-state index in [1.165, 1.54) is 4.88 Å². The lowest BCUT2D eigenvalue weighted by molar-refractivity contribution is 0.813. The van der Waals surface area contributed by atoms with Crippen LogP contribution in [-0.2, 0) is 6.54 Å². The van der Waals surface area contributed by atoms with Crippen molar-refractivity contribution >= 4 is 34.7 Å². The number of H-pyrrole nitrogens is 1. The van der Waals surface area contributed by atoms with Crippen molar-refractivity contribution in [1.82, 2.24) is 14.5 Å². The number of aryl methyl sites for hydroxylation is 1. The Hall–Kier alpha value is -1.46. The number of hydrogen-bond donors (Lipinski definition) is 1. The number of aromatic nitrogens is 3. The summed E-state index contributed by atoms with van der Waals surface area (Å²) in [6.07, 6.45) is 1.87. The molecule has 0 aromatic carbocycles. The van der Waals surface area contributed by atoms with Crippen LogP contribution in [0.25, 0.3) is 11.2 Å². The van der Waals surface area contributed by atoms with Crippen molar-refractivity contribution in [3.05, 3.63) is 45.0 Å². The third-order valence-electron chi connectivity index (χ3n) is 2.64. The van der Waals surface area contributed by atoms with Crippen molar-refractivity contribution in [3.63, 3.8) is 0 Å². The molecule has 0 radical (unpaired) electrons. The van der Waals surface area contributed by atoms with Gasteiger partial charge in [0, 0.05) is 11.1 Å². The van der Waals surface area contributed by atoms with Gasteiger partial charge >= 0.3 is 0 Å². The van der Waals surface area contributed by atoms with E-state index in [0.717, 1.165) is 28.0 Å². The molecule has 3 aromatic heterocycles. The highest BCUT2D eigenvalue weighted by atomic mass is 32.1. The summed E-state index contributed by atoms with van der Waals surface area (Å²) in [7, 11) is 0. The lowest BCUT2D eigenvalue weighted by atomic mass is 10.3. The number of hydrogen-bond acceptors (Lipinski definition) is 3. The molecule has 3 rings (SSSR count). The minimum atomic E-state index is 0.728. The van der Waals surface area contributed by atoms with E-state index in [9.17, 15) is 0 Å². The average Bonchev–Trinajstić information content (AvgIpc) is 2.88. The molecule has 5 heteroatoms. The van der Waals surface area contributed by atoms with E-state index >= 15 is 0 Å². The molecule has 0 aliphatic carbocycles. The van der Waals surface area contributed by atoms with E-state index in [1.54, 1.807) is 11.3 Å². The van der Waals surface area contributed by atoms with Gasteiger partial charge in [-0.1, -0.05) is 6.07 Å². The molecule has 0 spiro atoms. The van der Waals surface area contributed by atoms with Gasteiger partial charge in [-0.05, 0) is 42.2 Å². The first-order valence-electron chi connectivity index (χ1n) is 5.31. The molecule has 3 nitrogen and oxygen atoms in total. The van der Waals surface area contributed by atoms with Gasteiger partial charge < -0.3 is 4.98 Å². The van der Waals surface area contributed by atoms with Crippen molar-refractivity contribution in [2.45, 2.75) is 13.5 Å². The highest BCUT2D eigenvalue weighted by Gasteiger charge is 2.06. The summed E-state index contributed by atoms with van der Waals surface area (Å²) in [6, 6.07) is 6.23. The van der Waals surface area contributed by atoms with Crippen molar-refractivity contribution < 1.29 is 0 Å². The van der Waals surface area contributed by atoms with Crippen LogP contribution in [0.5, 0.6) is 0 Å². The maximum atomic E-state index is 5.34. The van der Waals surface area contributed by atoms with E-state index < -0.39 is 0 Å². The van der Waals surface area contributed by atoms with Gasteiger partial charge in [-0.2, -0.15) is 0 Å². The first-order valence-corrected chi connectivity index (χ1v) is 6.60. The maximum absolute atomic E-state index is 5.34. The predicted octanol–water partition coefficient (Wildman–Crippen LogP) is 3.51. The van der Waals surface area contributed by atoms with Crippen LogP contribution in [0.2, 0.25) is 0 Å². The number of nitrogens with one attached hydrogen (secondary N) is 1. The van der Waals surface area contributed by atoms with E-state index in [1.807, 2.05) is 17.7 Å². The number of thiophene rings is 1. The lowest BCUT2D eigenvalue weighted by Gasteiger charge is -2.01. The summed E-state index contributed by atoms with van der Waals surface area (Å²) in [4.78, 5) is 8.93. The van der Waals surface area contributed by atoms with Crippen molar-refractivity contribution in [2.75, 3.05) is 0 Å². The first kappa shape index (κ1) is 10.7. The van der Waals surface area contributed by atoms with Crippen LogP contribution >= 0.6 is 23.6 Å². The number of imidazole rings is 1. The van der Waals surface area contributed by atoms with Crippen LogP contribution in [0.1, 0.15) is 10.4 Å². The summed E-state index contributed by atoms with van der Waals surface area (Å²) in [5, 5.41) is 2.07. The SMILES string of the molecule is Cc1cnc2c(c1)[nH]c(=S)n2Cc1cccs1. The fourth-order valence-electron chi connectivity index (χ4n) is 1.85. The van der Waals surface area contributed by atoms with Gasteiger partial charge in [0.15, 0.2) is 10.4 Å². The van der Waals surface area contributed by atoms with Gasteiger partial charge in [0.25, 0.3) is 0 Å². The minimum Gasteiger partial charge on any atom is -0.329 e. The minimum absolute atomic E-state index is 0.728. The largest absolute Gasteiger partial charge is 0.329 e. The monoisotopic (exact) mass is 261 g/mol. The van der Waals surface area contributed by atoms with Gasteiger partial charge in [0.1, 0.15) is 0 Å². The molecule has 0 aliphatic heterocycles. The summed E-state index contributed by atoms with van der Waals surface area (Å²) in [6.45, 7) is 2.81. The molecule has 0 bridgehead atoms. The van der Waals surface area contributed by atoms with Crippen molar-refractivity contribution in [1.29, 1.82) is 0 Å². The first-order chi connectivity index (χ1) is 8.24. The maximum Gasteiger partial charge on any atom is 0.179 e. The second kappa shape index (κ2) is 4.09. The number of aromatic amines is 1. The third-order valence-corrected chi connectivity index (χ3v) is 3.82. The zero-order valence-electron chi connectivity index (χ0n) is 9.30. The quantitative estimate of drug-likeness (QED) is 0.716. The molecule has 1 N–H and O–H groups in total. The summed E-state index contributed by atoms with van der Waals surface area (Å²) >= 11 is 7.07. The predicted molar refractivity (Wildman–Crippen MR) is 73.1 cm³/mol. The van der Waals surface area contributed by atoms with Crippen LogP contribution in [0.3, 0.4) is 0 Å². The Kier molecular flexibility index (Phi) is 2.57. The second-order valence-electron chi connectivity index (χ2n) is 3.98. The van der Waals surface area contributed by atoms with Crippen LogP contribution in [0.15, 0.2) is 29.8 Å². The Labute approximate surface area is 108 Å². The van der Waals surface area contributed by atoms with Crippen LogP contribution in [0, 0.1) is 11.7 Å². The Balaban J connectivity index is 2.16. The normalized spacial score (nSPS) is 11.1. The number of rotatable bonds is 2. The average molecular weight is 261 g/mol. The Morgan fingerprint density at radius 1 is 1.53 bits per heavy atom. The molecule has 17 heavy (non-hydrogen) atoms.